The van der Waals surface area contributed by atoms with E-state index in [2.05, 4.69) is 25.3 Å². The molecule has 0 aliphatic heterocycles. The highest BCUT2D eigenvalue weighted by atomic mass is 32.2. The molecule has 0 fully saturated rings. The highest BCUT2D eigenvalue weighted by Crippen LogP contribution is 2.39. The summed E-state index contributed by atoms with van der Waals surface area (Å²) in [6.45, 7) is 1.86. The molecule has 0 amide bonds. The van der Waals surface area contributed by atoms with Gasteiger partial charge in [-0.2, -0.15) is 0 Å². The number of fused-ring (bicyclic) bond motifs is 1. The Hall–Kier alpha value is -3.59. The summed E-state index contributed by atoms with van der Waals surface area (Å²) < 4.78 is 0. The number of anilines is 2. The van der Waals surface area contributed by atoms with Gasteiger partial charge < -0.3 is 5.32 Å². The van der Waals surface area contributed by atoms with Crippen LogP contribution in [0, 0.1) is 17.0 Å². The number of pyridine rings is 2. The van der Waals surface area contributed by atoms with Gasteiger partial charge in [-0.15, -0.1) is 0 Å². The lowest BCUT2D eigenvalue weighted by atomic mass is 10.2. The molecule has 3 aromatic heterocycles. The highest BCUT2D eigenvalue weighted by molar-refractivity contribution is 7.99. The number of nitrogens with zero attached hydrogens (tertiary/aromatic N) is 5. The van der Waals surface area contributed by atoms with Gasteiger partial charge in [0.1, 0.15) is 12.1 Å². The minimum Gasteiger partial charge on any atom is -0.319 e. The first-order chi connectivity index (χ1) is 13.6. The van der Waals surface area contributed by atoms with E-state index in [1.807, 2.05) is 43.3 Å². The van der Waals surface area contributed by atoms with Crippen LogP contribution in [0.2, 0.25) is 0 Å². The van der Waals surface area contributed by atoms with E-state index in [9.17, 15) is 10.1 Å². The van der Waals surface area contributed by atoms with Crippen LogP contribution in [0.25, 0.3) is 10.9 Å². The topological polar surface area (TPSA) is 107 Å². The van der Waals surface area contributed by atoms with Crippen molar-refractivity contribution < 1.29 is 4.92 Å². The molecule has 9 heteroatoms. The molecule has 8 nitrogen and oxygen atoms in total. The van der Waals surface area contributed by atoms with E-state index in [1.165, 1.54) is 18.1 Å². The lowest BCUT2D eigenvalue weighted by Gasteiger charge is -2.10. The minimum atomic E-state index is -0.485. The first-order valence-electron chi connectivity index (χ1n) is 8.33. The molecule has 138 valence electrons. The van der Waals surface area contributed by atoms with Crippen molar-refractivity contribution >= 4 is 40.0 Å². The van der Waals surface area contributed by atoms with Gasteiger partial charge >= 0.3 is 5.69 Å². The van der Waals surface area contributed by atoms with Crippen molar-refractivity contribution in [3.63, 3.8) is 0 Å². The molecule has 0 bridgehead atoms. The van der Waals surface area contributed by atoms with Crippen LogP contribution in [-0.2, 0) is 0 Å². The molecular formula is C19H14N6O2S. The Morgan fingerprint density at radius 2 is 1.75 bits per heavy atom. The van der Waals surface area contributed by atoms with Crippen molar-refractivity contribution in [2.45, 2.75) is 16.8 Å². The standard InChI is InChI=1S/C19H14N6O2S/c1-12-5-3-10-21-17(12)24-18-16(25(26)27)19(23-11-22-18)28-14-8-2-6-13-7-4-9-20-15(13)14/h2-11H,1H3,(H,21,22,23,24). The zero-order valence-corrected chi connectivity index (χ0v) is 15.6. The molecule has 28 heavy (non-hydrogen) atoms. The van der Waals surface area contributed by atoms with Crippen molar-refractivity contribution in [2.24, 2.45) is 0 Å². The minimum absolute atomic E-state index is 0.0949. The van der Waals surface area contributed by atoms with E-state index >= 15 is 0 Å². The average Bonchev–Trinajstić information content (AvgIpc) is 2.70. The zero-order valence-electron chi connectivity index (χ0n) is 14.7. The van der Waals surface area contributed by atoms with Gasteiger partial charge in [0.25, 0.3) is 0 Å². The van der Waals surface area contributed by atoms with Gasteiger partial charge in [-0.05, 0) is 30.7 Å². The van der Waals surface area contributed by atoms with Crippen LogP contribution >= 0.6 is 11.8 Å². The lowest BCUT2D eigenvalue weighted by molar-refractivity contribution is -0.387. The molecule has 1 aromatic carbocycles. The fourth-order valence-electron chi connectivity index (χ4n) is 2.68. The molecule has 4 rings (SSSR count). The predicted molar refractivity (Wildman–Crippen MR) is 107 cm³/mol. The van der Waals surface area contributed by atoms with Gasteiger partial charge in [-0.1, -0.05) is 36.0 Å². The lowest BCUT2D eigenvalue weighted by Crippen LogP contribution is -2.04. The number of aromatic nitrogens is 4. The summed E-state index contributed by atoms with van der Waals surface area (Å²) in [6.07, 6.45) is 4.60. The number of benzene rings is 1. The Labute approximate surface area is 164 Å². The van der Waals surface area contributed by atoms with Gasteiger partial charge in [-0.25, -0.2) is 15.0 Å². The molecule has 0 atom stereocenters. The monoisotopic (exact) mass is 390 g/mol. The molecule has 0 saturated heterocycles. The van der Waals surface area contributed by atoms with Gasteiger partial charge in [0.2, 0.25) is 5.82 Å². The maximum absolute atomic E-state index is 11.8. The Kier molecular flexibility index (Phi) is 4.81. The predicted octanol–water partition coefficient (Wildman–Crippen LogP) is 4.53. The Morgan fingerprint density at radius 1 is 0.964 bits per heavy atom. The van der Waals surface area contributed by atoms with Gasteiger partial charge in [0, 0.05) is 22.7 Å². The Morgan fingerprint density at radius 3 is 2.57 bits per heavy atom. The Bertz CT molecular complexity index is 1180. The van der Waals surface area contributed by atoms with Gasteiger partial charge in [-0.3, -0.25) is 15.1 Å². The van der Waals surface area contributed by atoms with Crippen LogP contribution in [0.5, 0.6) is 0 Å². The molecule has 0 aliphatic rings. The fourth-order valence-corrected chi connectivity index (χ4v) is 3.67. The van der Waals surface area contributed by atoms with E-state index in [1.54, 1.807) is 18.5 Å². The molecule has 0 saturated carbocycles. The summed E-state index contributed by atoms with van der Waals surface area (Å²) in [4.78, 5) is 28.9. The molecule has 0 aliphatic carbocycles. The normalized spacial score (nSPS) is 10.8. The first kappa shape index (κ1) is 17.8. The largest absolute Gasteiger partial charge is 0.344 e. The van der Waals surface area contributed by atoms with Crippen molar-refractivity contribution in [1.29, 1.82) is 0 Å². The van der Waals surface area contributed by atoms with Crippen molar-refractivity contribution in [1.82, 2.24) is 19.9 Å². The summed E-state index contributed by atoms with van der Waals surface area (Å²) in [5.74, 6) is 0.601. The van der Waals surface area contributed by atoms with Crippen LogP contribution in [0.15, 0.2) is 71.1 Å². The van der Waals surface area contributed by atoms with E-state index in [-0.39, 0.29) is 16.5 Å². The molecule has 0 unspecified atom stereocenters. The third kappa shape index (κ3) is 3.47. The van der Waals surface area contributed by atoms with E-state index in [4.69, 9.17) is 0 Å². The van der Waals surface area contributed by atoms with Crippen LogP contribution < -0.4 is 5.32 Å². The molecule has 1 N–H and O–H groups in total. The second-order valence-corrected chi connectivity index (χ2v) is 6.89. The number of aryl methyl sites for hydroxylation is 1. The van der Waals surface area contributed by atoms with Crippen molar-refractivity contribution in [3.8, 4) is 0 Å². The number of nitrogens with one attached hydrogen (secondary N) is 1. The number of hydrogen-bond acceptors (Lipinski definition) is 8. The van der Waals surface area contributed by atoms with Crippen LogP contribution in [-0.4, -0.2) is 24.9 Å². The van der Waals surface area contributed by atoms with Gasteiger partial charge in [0.15, 0.2) is 5.03 Å². The second kappa shape index (κ2) is 7.57. The average molecular weight is 390 g/mol. The van der Waals surface area contributed by atoms with Crippen LogP contribution in [0.3, 0.4) is 0 Å². The SMILES string of the molecule is Cc1cccnc1Nc1ncnc(Sc2cccc3cccnc23)c1[N+](=O)[O-]. The third-order valence-corrected chi connectivity index (χ3v) is 5.06. The summed E-state index contributed by atoms with van der Waals surface area (Å²) in [5.41, 5.74) is 1.41. The van der Waals surface area contributed by atoms with Crippen LogP contribution in [0.1, 0.15) is 5.56 Å². The van der Waals surface area contributed by atoms with Crippen LogP contribution in [0.4, 0.5) is 17.3 Å². The van der Waals surface area contributed by atoms with E-state index < -0.39 is 4.92 Å². The Balaban J connectivity index is 1.77. The fraction of sp³-hybridized carbons (Fsp3) is 0.0526. The number of rotatable bonds is 5. The molecule has 3 heterocycles. The smallest absolute Gasteiger partial charge is 0.319 e. The van der Waals surface area contributed by atoms with Crippen molar-refractivity contribution in [3.05, 3.63) is 76.9 Å². The quantitative estimate of drug-likeness (QED) is 0.301. The summed E-state index contributed by atoms with van der Waals surface area (Å²) >= 11 is 1.19. The van der Waals surface area contributed by atoms with Crippen molar-refractivity contribution in [2.75, 3.05) is 5.32 Å². The molecule has 0 radical (unpaired) electrons. The molecule has 0 spiro atoms. The van der Waals surface area contributed by atoms with E-state index in [0.717, 1.165) is 21.4 Å². The summed E-state index contributed by atoms with van der Waals surface area (Å²) in [6, 6.07) is 13.1. The maximum atomic E-state index is 11.8. The van der Waals surface area contributed by atoms with Gasteiger partial charge in [0.05, 0.1) is 10.4 Å². The van der Waals surface area contributed by atoms with E-state index in [0.29, 0.717) is 5.82 Å². The molecular weight excluding hydrogens is 376 g/mol. The zero-order chi connectivity index (χ0) is 19.5. The number of hydrogen-bond donors (Lipinski definition) is 1. The summed E-state index contributed by atoms with van der Waals surface area (Å²) in [7, 11) is 0. The number of para-hydroxylation sites is 1. The summed E-state index contributed by atoms with van der Waals surface area (Å²) in [5, 5.41) is 15.9. The second-order valence-electron chi connectivity index (χ2n) is 5.86. The third-order valence-electron chi connectivity index (χ3n) is 4.02. The first-order valence-corrected chi connectivity index (χ1v) is 9.15. The maximum Gasteiger partial charge on any atom is 0.344 e. The number of nitro groups is 1. The molecule has 4 aromatic rings. The highest BCUT2D eigenvalue weighted by Gasteiger charge is 2.25.